The van der Waals surface area contributed by atoms with Gasteiger partial charge in [-0.1, -0.05) is 19.8 Å². The molecule has 27 heavy (non-hydrogen) atoms. The summed E-state index contributed by atoms with van der Waals surface area (Å²) in [5.74, 6) is 0.579. The molecular formula is C20H31N3O3S. The monoisotopic (exact) mass is 393 g/mol. The first kappa shape index (κ1) is 20.1. The molecule has 1 saturated carbocycles. The minimum absolute atomic E-state index is 0.0111. The molecule has 2 atom stereocenters. The summed E-state index contributed by atoms with van der Waals surface area (Å²) in [4.78, 5) is 15.0. The smallest absolute Gasteiger partial charge is 0.251 e. The van der Waals surface area contributed by atoms with Gasteiger partial charge in [-0.25, -0.2) is 8.42 Å². The third kappa shape index (κ3) is 4.14. The first-order chi connectivity index (χ1) is 12.6. The van der Waals surface area contributed by atoms with Gasteiger partial charge in [0.2, 0.25) is 10.0 Å². The number of hydrogen-bond donors (Lipinski definition) is 1. The van der Waals surface area contributed by atoms with Crippen LogP contribution in [0.15, 0.2) is 18.2 Å². The van der Waals surface area contributed by atoms with Crippen LogP contribution in [0.25, 0.3) is 0 Å². The fraction of sp³-hybridized carbons (Fsp3) is 0.650. The topological polar surface area (TPSA) is 69.7 Å². The predicted molar refractivity (Wildman–Crippen MR) is 109 cm³/mol. The second-order valence-electron chi connectivity index (χ2n) is 8.43. The molecule has 7 heteroatoms. The van der Waals surface area contributed by atoms with Crippen molar-refractivity contribution in [3.8, 4) is 0 Å². The Kier molecular flexibility index (Phi) is 5.54. The van der Waals surface area contributed by atoms with Gasteiger partial charge in [0, 0.05) is 24.2 Å². The minimum Gasteiger partial charge on any atom is -0.350 e. The molecule has 6 nitrogen and oxygen atoms in total. The summed E-state index contributed by atoms with van der Waals surface area (Å²) in [5.41, 5.74) is 2.22. The Balaban J connectivity index is 1.72. The van der Waals surface area contributed by atoms with E-state index < -0.39 is 10.0 Å². The Morgan fingerprint density at radius 3 is 2.74 bits per heavy atom. The second kappa shape index (κ2) is 7.43. The molecule has 0 saturated heterocycles. The van der Waals surface area contributed by atoms with Crippen molar-refractivity contribution in [2.24, 2.45) is 5.92 Å². The van der Waals surface area contributed by atoms with Crippen molar-refractivity contribution in [3.05, 3.63) is 29.3 Å². The number of rotatable bonds is 5. The van der Waals surface area contributed by atoms with Crippen molar-refractivity contribution in [3.63, 3.8) is 0 Å². The molecule has 1 fully saturated rings. The Morgan fingerprint density at radius 2 is 2.11 bits per heavy atom. The average molecular weight is 394 g/mol. The number of carbonyl (C=O) groups excluding carboxylic acids is 1. The van der Waals surface area contributed by atoms with Crippen LogP contribution < -0.4 is 9.62 Å². The Labute approximate surface area is 163 Å². The Bertz CT molecular complexity index is 822. The van der Waals surface area contributed by atoms with E-state index in [0.29, 0.717) is 36.7 Å². The average Bonchev–Trinajstić information content (AvgIpc) is 3.03. The van der Waals surface area contributed by atoms with Gasteiger partial charge in [0.25, 0.3) is 5.91 Å². The molecule has 150 valence electrons. The van der Waals surface area contributed by atoms with Crippen LogP contribution in [0.1, 0.15) is 48.5 Å². The quantitative estimate of drug-likeness (QED) is 0.833. The number of amides is 1. The van der Waals surface area contributed by atoms with Gasteiger partial charge in [-0.15, -0.1) is 0 Å². The van der Waals surface area contributed by atoms with Crippen LogP contribution in [0.2, 0.25) is 0 Å². The highest BCUT2D eigenvalue weighted by Crippen LogP contribution is 2.35. The molecule has 2 aliphatic rings. The lowest BCUT2D eigenvalue weighted by atomic mass is 9.75. The van der Waals surface area contributed by atoms with Crippen LogP contribution >= 0.6 is 0 Å². The normalized spacial score (nSPS) is 25.5. The number of anilines is 1. The van der Waals surface area contributed by atoms with Gasteiger partial charge < -0.3 is 10.2 Å². The van der Waals surface area contributed by atoms with Gasteiger partial charge in [-0.3, -0.25) is 9.10 Å². The summed E-state index contributed by atoms with van der Waals surface area (Å²) in [7, 11) is 0.924. The Morgan fingerprint density at radius 1 is 1.37 bits per heavy atom. The van der Waals surface area contributed by atoms with Crippen molar-refractivity contribution in [2.45, 2.75) is 44.6 Å². The Hall–Kier alpha value is -1.60. The third-order valence-electron chi connectivity index (χ3n) is 6.19. The number of likely N-dealkylation sites (N-methyl/N-ethyl adjacent to an activating group) is 1. The zero-order valence-corrected chi connectivity index (χ0v) is 17.6. The second-order valence-corrected chi connectivity index (χ2v) is 10.3. The molecule has 1 amide bonds. The molecule has 0 spiro atoms. The van der Waals surface area contributed by atoms with E-state index in [1.165, 1.54) is 23.4 Å². The fourth-order valence-corrected chi connectivity index (χ4v) is 5.52. The lowest BCUT2D eigenvalue weighted by Crippen LogP contribution is -2.55. The van der Waals surface area contributed by atoms with E-state index in [1.54, 1.807) is 12.1 Å². The molecule has 0 radical (unpaired) electrons. The SMILES string of the molecule is CC1CCCC(CNC(=O)c2ccc3c(c2)CCN3S(C)(=O)=O)(N(C)C)C1. The van der Waals surface area contributed by atoms with Gasteiger partial charge in [0.15, 0.2) is 0 Å². The van der Waals surface area contributed by atoms with E-state index in [9.17, 15) is 13.2 Å². The molecule has 0 aromatic heterocycles. The molecule has 2 unspecified atom stereocenters. The first-order valence-corrected chi connectivity index (χ1v) is 11.5. The number of sulfonamides is 1. The van der Waals surface area contributed by atoms with Crippen molar-refractivity contribution in [2.75, 3.05) is 37.7 Å². The van der Waals surface area contributed by atoms with E-state index in [2.05, 4.69) is 31.2 Å². The van der Waals surface area contributed by atoms with Crippen LogP contribution in [0.4, 0.5) is 5.69 Å². The van der Waals surface area contributed by atoms with Crippen molar-refractivity contribution < 1.29 is 13.2 Å². The number of nitrogens with one attached hydrogen (secondary N) is 1. The zero-order chi connectivity index (χ0) is 19.8. The summed E-state index contributed by atoms with van der Waals surface area (Å²) >= 11 is 0. The van der Waals surface area contributed by atoms with Crippen LogP contribution in [-0.4, -0.2) is 58.2 Å². The molecule has 1 aromatic carbocycles. The summed E-state index contributed by atoms with van der Waals surface area (Å²) in [6.07, 6.45) is 6.49. The minimum atomic E-state index is -3.27. The summed E-state index contributed by atoms with van der Waals surface area (Å²) in [5, 5.41) is 3.13. The van der Waals surface area contributed by atoms with Gasteiger partial charge in [-0.2, -0.15) is 0 Å². The highest BCUT2D eigenvalue weighted by Gasteiger charge is 2.37. The van der Waals surface area contributed by atoms with E-state index in [-0.39, 0.29) is 11.4 Å². The maximum absolute atomic E-state index is 12.8. The lowest BCUT2D eigenvalue weighted by Gasteiger charge is -2.45. The number of carbonyl (C=O) groups is 1. The maximum atomic E-state index is 12.8. The third-order valence-corrected chi connectivity index (χ3v) is 7.37. The van der Waals surface area contributed by atoms with Crippen LogP contribution in [-0.2, 0) is 16.4 Å². The molecule has 1 heterocycles. The summed E-state index contributed by atoms with van der Waals surface area (Å²) < 4.78 is 25.1. The highest BCUT2D eigenvalue weighted by molar-refractivity contribution is 7.92. The van der Waals surface area contributed by atoms with Crippen molar-refractivity contribution >= 4 is 21.6 Å². The van der Waals surface area contributed by atoms with E-state index in [4.69, 9.17) is 0 Å². The first-order valence-electron chi connectivity index (χ1n) is 9.69. The molecule has 0 bridgehead atoms. The number of nitrogens with zero attached hydrogens (tertiary/aromatic N) is 2. The molecule has 1 aliphatic heterocycles. The van der Waals surface area contributed by atoms with Gasteiger partial charge in [0.05, 0.1) is 11.9 Å². The van der Waals surface area contributed by atoms with Gasteiger partial charge >= 0.3 is 0 Å². The largest absolute Gasteiger partial charge is 0.350 e. The molecule has 1 aromatic rings. The van der Waals surface area contributed by atoms with E-state index >= 15 is 0 Å². The summed E-state index contributed by atoms with van der Waals surface area (Å²) in [6.45, 7) is 3.36. The maximum Gasteiger partial charge on any atom is 0.251 e. The predicted octanol–water partition coefficient (Wildman–Crippen LogP) is 2.25. The number of hydrogen-bond acceptors (Lipinski definition) is 4. The summed E-state index contributed by atoms with van der Waals surface area (Å²) in [6, 6.07) is 5.31. The van der Waals surface area contributed by atoms with Gasteiger partial charge in [-0.05, 0) is 63.0 Å². The van der Waals surface area contributed by atoms with Crippen molar-refractivity contribution in [1.29, 1.82) is 0 Å². The highest BCUT2D eigenvalue weighted by atomic mass is 32.2. The van der Waals surface area contributed by atoms with Gasteiger partial charge in [0.1, 0.15) is 0 Å². The zero-order valence-electron chi connectivity index (χ0n) is 16.8. The van der Waals surface area contributed by atoms with Crippen LogP contribution in [0, 0.1) is 5.92 Å². The van der Waals surface area contributed by atoms with Crippen LogP contribution in [0.5, 0.6) is 0 Å². The lowest BCUT2D eigenvalue weighted by molar-refractivity contribution is 0.0675. The van der Waals surface area contributed by atoms with E-state index in [1.807, 2.05) is 6.07 Å². The molecule has 1 aliphatic carbocycles. The van der Waals surface area contributed by atoms with Crippen LogP contribution in [0.3, 0.4) is 0 Å². The molecule has 1 N–H and O–H groups in total. The fourth-order valence-electron chi connectivity index (χ4n) is 4.56. The standard InChI is InChI=1S/C20H31N3O3S/c1-15-6-5-10-20(13-15,22(2)3)14-21-19(24)17-7-8-18-16(12-17)9-11-23(18)27(4,25)26/h7-8,12,15H,5-6,9-11,13-14H2,1-4H3,(H,21,24). The molecular weight excluding hydrogens is 362 g/mol. The van der Waals surface area contributed by atoms with Crippen molar-refractivity contribution in [1.82, 2.24) is 10.2 Å². The van der Waals surface area contributed by atoms with E-state index in [0.717, 1.165) is 18.4 Å². The molecule has 3 rings (SSSR count). The number of benzene rings is 1. The number of fused-ring (bicyclic) bond motifs is 1.